The fourth-order valence-electron chi connectivity index (χ4n) is 3.13. The van der Waals surface area contributed by atoms with E-state index in [1.165, 1.54) is 9.87 Å². The van der Waals surface area contributed by atoms with E-state index in [1.54, 1.807) is 18.2 Å². The molecule has 1 N–H and O–H groups in total. The van der Waals surface area contributed by atoms with Crippen LogP contribution in [-0.2, 0) is 16.6 Å². The highest BCUT2D eigenvalue weighted by atomic mass is 32.2. The first-order valence-corrected chi connectivity index (χ1v) is 10.4. The SMILES string of the molecule is Cc1ccc(CNC(=O)c2ccc(N3CCCCS3(=O)=O)c(C)c2)cc1. The molecule has 138 valence electrons. The van der Waals surface area contributed by atoms with Crippen molar-refractivity contribution >= 4 is 21.6 Å². The molecule has 0 aromatic heterocycles. The number of hydrogen-bond acceptors (Lipinski definition) is 3. The van der Waals surface area contributed by atoms with Gasteiger partial charge in [0.15, 0.2) is 0 Å². The largest absolute Gasteiger partial charge is 0.348 e. The summed E-state index contributed by atoms with van der Waals surface area (Å²) in [6, 6.07) is 13.2. The highest BCUT2D eigenvalue weighted by Crippen LogP contribution is 2.27. The molecule has 1 aliphatic heterocycles. The number of sulfonamides is 1. The molecule has 0 spiro atoms. The van der Waals surface area contributed by atoms with E-state index in [9.17, 15) is 13.2 Å². The van der Waals surface area contributed by atoms with E-state index < -0.39 is 10.0 Å². The minimum atomic E-state index is -3.25. The minimum Gasteiger partial charge on any atom is -0.348 e. The molecule has 0 atom stereocenters. The Hall–Kier alpha value is -2.34. The molecule has 1 amide bonds. The first-order chi connectivity index (χ1) is 12.4. The van der Waals surface area contributed by atoms with Gasteiger partial charge in [-0.3, -0.25) is 9.10 Å². The van der Waals surface area contributed by atoms with Crippen LogP contribution in [0.15, 0.2) is 42.5 Å². The zero-order chi connectivity index (χ0) is 18.7. The molecule has 0 radical (unpaired) electrons. The molecular formula is C20H24N2O3S. The molecule has 26 heavy (non-hydrogen) atoms. The molecule has 0 saturated carbocycles. The first-order valence-electron chi connectivity index (χ1n) is 8.82. The highest BCUT2D eigenvalue weighted by molar-refractivity contribution is 7.92. The third kappa shape index (κ3) is 4.07. The summed E-state index contributed by atoms with van der Waals surface area (Å²) >= 11 is 0. The molecule has 2 aromatic rings. The normalized spacial score (nSPS) is 16.3. The van der Waals surface area contributed by atoms with Crippen molar-refractivity contribution < 1.29 is 13.2 Å². The van der Waals surface area contributed by atoms with Crippen molar-refractivity contribution in [1.29, 1.82) is 0 Å². The molecule has 6 heteroatoms. The topological polar surface area (TPSA) is 66.5 Å². The number of aryl methyl sites for hydroxylation is 2. The Morgan fingerprint density at radius 3 is 2.46 bits per heavy atom. The maximum absolute atomic E-state index is 12.4. The predicted octanol–water partition coefficient (Wildman–Crippen LogP) is 3.16. The second-order valence-electron chi connectivity index (χ2n) is 6.76. The van der Waals surface area contributed by atoms with Crippen LogP contribution < -0.4 is 9.62 Å². The van der Waals surface area contributed by atoms with Gasteiger partial charge in [-0.2, -0.15) is 0 Å². The van der Waals surface area contributed by atoms with E-state index in [4.69, 9.17) is 0 Å². The Morgan fingerprint density at radius 1 is 1.08 bits per heavy atom. The molecule has 3 rings (SSSR count). The van der Waals surface area contributed by atoms with Crippen LogP contribution in [0.2, 0.25) is 0 Å². The van der Waals surface area contributed by atoms with Crippen LogP contribution in [0.4, 0.5) is 5.69 Å². The van der Waals surface area contributed by atoms with E-state index in [2.05, 4.69) is 5.32 Å². The Morgan fingerprint density at radius 2 is 1.81 bits per heavy atom. The first kappa shape index (κ1) is 18.5. The third-order valence-corrected chi connectivity index (χ3v) is 6.51. The van der Waals surface area contributed by atoms with Crippen molar-refractivity contribution in [1.82, 2.24) is 5.32 Å². The lowest BCUT2D eigenvalue weighted by Gasteiger charge is -2.29. The Labute approximate surface area is 155 Å². The van der Waals surface area contributed by atoms with Crippen LogP contribution >= 0.6 is 0 Å². The standard InChI is InChI=1S/C20H24N2O3S/c1-15-5-7-17(8-6-15)14-21-20(23)18-9-10-19(16(2)13-18)22-11-3-4-12-26(22,24)25/h5-10,13H,3-4,11-12,14H2,1-2H3,(H,21,23). The van der Waals surface area contributed by atoms with E-state index >= 15 is 0 Å². The summed E-state index contributed by atoms with van der Waals surface area (Å²) in [5.74, 6) is 0.0207. The maximum atomic E-state index is 12.4. The molecule has 1 saturated heterocycles. The summed E-state index contributed by atoms with van der Waals surface area (Å²) in [5, 5.41) is 2.91. The van der Waals surface area contributed by atoms with Crippen molar-refractivity contribution in [2.75, 3.05) is 16.6 Å². The lowest BCUT2D eigenvalue weighted by atomic mass is 10.1. The van der Waals surface area contributed by atoms with Gasteiger partial charge in [-0.25, -0.2) is 8.42 Å². The van der Waals surface area contributed by atoms with Crippen molar-refractivity contribution in [2.24, 2.45) is 0 Å². The summed E-state index contributed by atoms with van der Waals surface area (Å²) in [4.78, 5) is 12.4. The van der Waals surface area contributed by atoms with Crippen LogP contribution in [0.1, 0.15) is 39.9 Å². The summed E-state index contributed by atoms with van der Waals surface area (Å²) in [7, 11) is -3.25. The Balaban J connectivity index is 1.72. The van der Waals surface area contributed by atoms with Crippen molar-refractivity contribution in [3.05, 3.63) is 64.7 Å². The van der Waals surface area contributed by atoms with Gasteiger partial charge in [-0.15, -0.1) is 0 Å². The summed E-state index contributed by atoms with van der Waals surface area (Å²) in [5.41, 5.74) is 4.21. The Bertz CT molecular complexity index is 905. The molecule has 0 bridgehead atoms. The molecule has 0 aliphatic carbocycles. The van der Waals surface area contributed by atoms with E-state index in [0.717, 1.165) is 17.5 Å². The lowest BCUT2D eigenvalue weighted by molar-refractivity contribution is 0.0951. The maximum Gasteiger partial charge on any atom is 0.251 e. The second kappa shape index (κ2) is 7.50. The lowest BCUT2D eigenvalue weighted by Crippen LogP contribution is -2.38. The number of nitrogens with zero attached hydrogens (tertiary/aromatic N) is 1. The average Bonchev–Trinajstić information content (AvgIpc) is 2.61. The smallest absolute Gasteiger partial charge is 0.251 e. The number of amides is 1. The van der Waals surface area contributed by atoms with E-state index in [1.807, 2.05) is 38.1 Å². The van der Waals surface area contributed by atoms with Gasteiger partial charge in [0.05, 0.1) is 11.4 Å². The van der Waals surface area contributed by atoms with Crippen LogP contribution in [0.25, 0.3) is 0 Å². The van der Waals surface area contributed by atoms with Gasteiger partial charge < -0.3 is 5.32 Å². The Kier molecular flexibility index (Phi) is 5.32. The van der Waals surface area contributed by atoms with Crippen LogP contribution in [0.3, 0.4) is 0 Å². The monoisotopic (exact) mass is 372 g/mol. The zero-order valence-corrected chi connectivity index (χ0v) is 16.0. The molecule has 1 heterocycles. The summed E-state index contributed by atoms with van der Waals surface area (Å²) in [6.45, 7) is 4.83. The zero-order valence-electron chi connectivity index (χ0n) is 15.2. The molecular weight excluding hydrogens is 348 g/mol. The van der Waals surface area contributed by atoms with Gasteiger partial charge in [0, 0.05) is 18.7 Å². The van der Waals surface area contributed by atoms with Crippen molar-refractivity contribution in [3.63, 3.8) is 0 Å². The van der Waals surface area contributed by atoms with Crippen LogP contribution in [0, 0.1) is 13.8 Å². The highest BCUT2D eigenvalue weighted by Gasteiger charge is 2.27. The molecule has 0 unspecified atom stereocenters. The third-order valence-electron chi connectivity index (χ3n) is 4.65. The average molecular weight is 372 g/mol. The number of nitrogens with one attached hydrogen (secondary N) is 1. The number of rotatable bonds is 4. The molecule has 5 nitrogen and oxygen atoms in total. The number of benzene rings is 2. The van der Waals surface area contributed by atoms with E-state index in [-0.39, 0.29) is 11.7 Å². The van der Waals surface area contributed by atoms with Gasteiger partial charge >= 0.3 is 0 Å². The summed E-state index contributed by atoms with van der Waals surface area (Å²) in [6.07, 6.45) is 1.56. The van der Waals surface area contributed by atoms with Crippen molar-refractivity contribution in [2.45, 2.75) is 33.2 Å². The number of carbonyl (C=O) groups excluding carboxylic acids is 1. The van der Waals surface area contributed by atoms with Crippen LogP contribution in [0.5, 0.6) is 0 Å². The van der Waals surface area contributed by atoms with Crippen molar-refractivity contribution in [3.8, 4) is 0 Å². The minimum absolute atomic E-state index is 0.165. The fourth-order valence-corrected chi connectivity index (χ4v) is 4.83. The van der Waals surface area contributed by atoms with Crippen LogP contribution in [-0.4, -0.2) is 26.6 Å². The number of carbonyl (C=O) groups is 1. The summed E-state index contributed by atoms with van der Waals surface area (Å²) < 4.78 is 26.0. The van der Waals surface area contributed by atoms with E-state index in [0.29, 0.717) is 30.8 Å². The second-order valence-corrected chi connectivity index (χ2v) is 8.78. The van der Waals surface area contributed by atoms with Gasteiger partial charge in [-0.05, 0) is 56.0 Å². The molecule has 1 aliphatic rings. The fraction of sp³-hybridized carbons (Fsp3) is 0.350. The number of hydrogen-bond donors (Lipinski definition) is 1. The predicted molar refractivity (Wildman–Crippen MR) is 104 cm³/mol. The van der Waals surface area contributed by atoms with Gasteiger partial charge in [0.2, 0.25) is 10.0 Å². The molecule has 2 aromatic carbocycles. The number of anilines is 1. The molecule has 1 fully saturated rings. The van der Waals surface area contributed by atoms with Gasteiger partial charge in [-0.1, -0.05) is 29.8 Å². The quantitative estimate of drug-likeness (QED) is 0.896. The van der Waals surface area contributed by atoms with Gasteiger partial charge in [0.25, 0.3) is 5.91 Å². The van der Waals surface area contributed by atoms with Gasteiger partial charge in [0.1, 0.15) is 0 Å².